The van der Waals surface area contributed by atoms with E-state index in [1.165, 1.54) is 13.2 Å². The van der Waals surface area contributed by atoms with Crippen LogP contribution in [-0.4, -0.2) is 27.2 Å². The van der Waals surface area contributed by atoms with Crippen molar-refractivity contribution < 1.29 is 9.66 Å². The number of aromatic amines is 1. The summed E-state index contributed by atoms with van der Waals surface area (Å²) in [4.78, 5) is 15.2. The van der Waals surface area contributed by atoms with Crippen molar-refractivity contribution in [2.75, 3.05) is 7.11 Å². The molecule has 1 N–H and O–H groups in total. The van der Waals surface area contributed by atoms with E-state index in [-0.39, 0.29) is 11.4 Å². The highest BCUT2D eigenvalue weighted by Gasteiger charge is 2.19. The van der Waals surface area contributed by atoms with Crippen LogP contribution in [0.2, 0.25) is 0 Å². The van der Waals surface area contributed by atoms with E-state index in [0.717, 1.165) is 27.7 Å². The summed E-state index contributed by atoms with van der Waals surface area (Å²) < 4.78 is 5.08. The van der Waals surface area contributed by atoms with Crippen molar-refractivity contribution >= 4 is 16.6 Å². The average molecular weight is 346 g/mol. The van der Waals surface area contributed by atoms with E-state index in [1.54, 1.807) is 24.5 Å². The van der Waals surface area contributed by atoms with E-state index in [1.807, 2.05) is 30.3 Å². The van der Waals surface area contributed by atoms with Gasteiger partial charge in [-0.05, 0) is 23.8 Å². The van der Waals surface area contributed by atoms with Gasteiger partial charge >= 0.3 is 5.69 Å². The Morgan fingerprint density at radius 2 is 1.96 bits per heavy atom. The van der Waals surface area contributed by atoms with Gasteiger partial charge in [0, 0.05) is 28.8 Å². The van der Waals surface area contributed by atoms with Crippen molar-refractivity contribution in [1.82, 2.24) is 15.2 Å². The average Bonchev–Trinajstić information content (AvgIpc) is 3.16. The van der Waals surface area contributed by atoms with Gasteiger partial charge in [0.2, 0.25) is 0 Å². The van der Waals surface area contributed by atoms with Crippen LogP contribution in [0.3, 0.4) is 0 Å². The maximum absolute atomic E-state index is 11.3. The molecule has 2 aromatic heterocycles. The number of nitrogens with zero attached hydrogens (tertiary/aromatic N) is 3. The van der Waals surface area contributed by atoms with E-state index < -0.39 is 4.92 Å². The highest BCUT2D eigenvalue weighted by molar-refractivity contribution is 5.97. The second-order valence-electron chi connectivity index (χ2n) is 5.68. The van der Waals surface area contributed by atoms with Gasteiger partial charge in [-0.15, -0.1) is 0 Å². The molecule has 2 aromatic carbocycles. The zero-order chi connectivity index (χ0) is 18.1. The third-order valence-electron chi connectivity index (χ3n) is 4.24. The summed E-state index contributed by atoms with van der Waals surface area (Å²) in [6, 6.07) is 14.6. The van der Waals surface area contributed by atoms with Crippen molar-refractivity contribution in [3.63, 3.8) is 0 Å². The highest BCUT2D eigenvalue weighted by Crippen LogP contribution is 2.37. The topological polar surface area (TPSA) is 93.9 Å². The molecule has 0 bridgehead atoms. The highest BCUT2D eigenvalue weighted by atomic mass is 16.6. The van der Waals surface area contributed by atoms with Crippen molar-refractivity contribution in [3.8, 4) is 28.1 Å². The molecule has 0 aliphatic rings. The van der Waals surface area contributed by atoms with E-state index in [0.29, 0.717) is 5.56 Å². The standard InChI is InChI=1S/C19H14N4O3/c1-26-18-7-6-12(10-17(18)23(24)25)15-11-21-22-19(15)14-8-9-20-16-5-3-2-4-13(14)16/h2-11H,1H3,(H,21,22). The summed E-state index contributed by atoms with van der Waals surface area (Å²) in [5.74, 6) is 0.221. The quantitative estimate of drug-likeness (QED) is 0.441. The summed E-state index contributed by atoms with van der Waals surface area (Å²) in [6.45, 7) is 0. The van der Waals surface area contributed by atoms with Gasteiger partial charge in [0.05, 0.1) is 29.4 Å². The van der Waals surface area contributed by atoms with Gasteiger partial charge in [-0.2, -0.15) is 5.10 Å². The monoisotopic (exact) mass is 346 g/mol. The summed E-state index contributed by atoms with van der Waals surface area (Å²) >= 11 is 0. The van der Waals surface area contributed by atoms with Crippen LogP contribution >= 0.6 is 0 Å². The summed E-state index contributed by atoms with van der Waals surface area (Å²) in [7, 11) is 1.41. The molecule has 0 unspecified atom stereocenters. The second-order valence-corrected chi connectivity index (χ2v) is 5.68. The largest absolute Gasteiger partial charge is 0.490 e. The van der Waals surface area contributed by atoms with Gasteiger partial charge in [0.15, 0.2) is 5.75 Å². The Bertz CT molecular complexity index is 1120. The number of hydrogen-bond acceptors (Lipinski definition) is 5. The third-order valence-corrected chi connectivity index (χ3v) is 4.24. The molecule has 4 rings (SSSR count). The van der Waals surface area contributed by atoms with Crippen LogP contribution < -0.4 is 4.74 Å². The summed E-state index contributed by atoms with van der Waals surface area (Å²) in [5, 5.41) is 19.5. The number of para-hydroxylation sites is 1. The molecule has 4 aromatic rings. The Labute approximate surface area is 148 Å². The molecule has 0 amide bonds. The Hall–Kier alpha value is -3.74. The van der Waals surface area contributed by atoms with Crippen LogP contribution in [0, 0.1) is 10.1 Å². The van der Waals surface area contributed by atoms with E-state index >= 15 is 0 Å². The molecule has 128 valence electrons. The normalized spacial score (nSPS) is 10.8. The molecule has 0 atom stereocenters. The smallest absolute Gasteiger partial charge is 0.311 e. The Kier molecular flexibility index (Phi) is 3.81. The molecule has 7 heteroatoms. The minimum atomic E-state index is -0.454. The number of benzene rings is 2. The molecular weight excluding hydrogens is 332 g/mol. The minimum absolute atomic E-state index is 0.0864. The predicted molar refractivity (Wildman–Crippen MR) is 98.0 cm³/mol. The molecule has 2 heterocycles. The van der Waals surface area contributed by atoms with Gasteiger partial charge in [0.25, 0.3) is 0 Å². The lowest BCUT2D eigenvalue weighted by Gasteiger charge is -2.08. The molecule has 0 radical (unpaired) electrons. The molecular formula is C19H14N4O3. The van der Waals surface area contributed by atoms with Crippen LogP contribution in [0.4, 0.5) is 5.69 Å². The lowest BCUT2D eigenvalue weighted by molar-refractivity contribution is -0.385. The fourth-order valence-electron chi connectivity index (χ4n) is 3.02. The maximum atomic E-state index is 11.3. The van der Waals surface area contributed by atoms with Gasteiger partial charge < -0.3 is 4.74 Å². The van der Waals surface area contributed by atoms with Crippen molar-refractivity contribution in [2.45, 2.75) is 0 Å². The summed E-state index contributed by atoms with van der Waals surface area (Å²) in [6.07, 6.45) is 3.40. The number of fused-ring (bicyclic) bond motifs is 1. The molecule has 0 aliphatic heterocycles. The van der Waals surface area contributed by atoms with Gasteiger partial charge in [-0.3, -0.25) is 20.2 Å². The molecule has 7 nitrogen and oxygen atoms in total. The van der Waals surface area contributed by atoms with Crippen molar-refractivity contribution in [1.29, 1.82) is 0 Å². The van der Waals surface area contributed by atoms with Crippen LogP contribution in [-0.2, 0) is 0 Å². The van der Waals surface area contributed by atoms with Crippen LogP contribution in [0.5, 0.6) is 5.75 Å². The first kappa shape index (κ1) is 15.8. The molecule has 0 fully saturated rings. The zero-order valence-electron chi connectivity index (χ0n) is 13.8. The molecule has 0 saturated carbocycles. The molecule has 0 aliphatic carbocycles. The number of H-pyrrole nitrogens is 1. The van der Waals surface area contributed by atoms with Crippen LogP contribution in [0.15, 0.2) is 60.9 Å². The Morgan fingerprint density at radius 3 is 2.77 bits per heavy atom. The number of nitro groups is 1. The van der Waals surface area contributed by atoms with Crippen LogP contribution in [0.25, 0.3) is 33.3 Å². The molecule has 26 heavy (non-hydrogen) atoms. The number of aromatic nitrogens is 3. The van der Waals surface area contributed by atoms with Gasteiger partial charge in [-0.25, -0.2) is 0 Å². The van der Waals surface area contributed by atoms with Gasteiger partial charge in [0.1, 0.15) is 0 Å². The van der Waals surface area contributed by atoms with Crippen molar-refractivity contribution in [2.24, 2.45) is 0 Å². The van der Waals surface area contributed by atoms with Crippen molar-refractivity contribution in [3.05, 3.63) is 71.0 Å². The Balaban J connectivity index is 1.91. The predicted octanol–water partition coefficient (Wildman–Crippen LogP) is 4.21. The first-order valence-electron chi connectivity index (χ1n) is 7.89. The number of ether oxygens (including phenoxy) is 1. The lowest BCUT2D eigenvalue weighted by atomic mass is 9.99. The number of nitrogens with one attached hydrogen (secondary N) is 1. The lowest BCUT2D eigenvalue weighted by Crippen LogP contribution is -1.94. The van der Waals surface area contributed by atoms with E-state index in [4.69, 9.17) is 4.74 Å². The minimum Gasteiger partial charge on any atom is -0.490 e. The van der Waals surface area contributed by atoms with E-state index in [9.17, 15) is 10.1 Å². The molecule has 0 spiro atoms. The summed E-state index contributed by atoms with van der Waals surface area (Å²) in [5.41, 5.74) is 3.95. The number of nitro benzene ring substituents is 1. The third kappa shape index (κ3) is 2.55. The van der Waals surface area contributed by atoms with E-state index in [2.05, 4.69) is 15.2 Å². The maximum Gasteiger partial charge on any atom is 0.311 e. The first-order valence-corrected chi connectivity index (χ1v) is 7.89. The SMILES string of the molecule is COc1ccc(-c2cn[nH]c2-c2ccnc3ccccc23)cc1[N+](=O)[O-]. The van der Waals surface area contributed by atoms with Crippen LogP contribution in [0.1, 0.15) is 0 Å². The second kappa shape index (κ2) is 6.29. The Morgan fingerprint density at radius 1 is 1.12 bits per heavy atom. The fourth-order valence-corrected chi connectivity index (χ4v) is 3.02. The number of methoxy groups -OCH3 is 1. The number of rotatable bonds is 4. The van der Waals surface area contributed by atoms with Gasteiger partial charge in [-0.1, -0.05) is 24.3 Å². The molecule has 0 saturated heterocycles. The number of hydrogen-bond donors (Lipinski definition) is 1. The number of pyridine rings is 1. The zero-order valence-corrected chi connectivity index (χ0v) is 13.8. The fraction of sp³-hybridized carbons (Fsp3) is 0.0526. The first-order chi connectivity index (χ1) is 12.7.